The maximum Gasteiger partial charge on any atom is 0.319 e. The van der Waals surface area contributed by atoms with E-state index in [4.69, 9.17) is 16.1 Å². The van der Waals surface area contributed by atoms with Gasteiger partial charge in [0.2, 0.25) is 5.82 Å². The van der Waals surface area contributed by atoms with Crippen LogP contribution in [-0.4, -0.2) is 22.2 Å². The number of nitrogens with zero attached hydrogens (tertiary/aromatic N) is 2. The van der Waals surface area contributed by atoms with Crippen molar-refractivity contribution in [2.75, 3.05) is 5.32 Å². The number of urea groups is 1. The quantitative estimate of drug-likeness (QED) is 0.644. The summed E-state index contributed by atoms with van der Waals surface area (Å²) in [5.74, 6) is 0.843. The van der Waals surface area contributed by atoms with E-state index >= 15 is 0 Å². The number of benzene rings is 2. The Hall–Kier alpha value is -3.12. The van der Waals surface area contributed by atoms with E-state index in [2.05, 4.69) is 20.8 Å². The van der Waals surface area contributed by atoms with E-state index in [1.54, 1.807) is 18.2 Å². The molecule has 3 rings (SSSR count). The lowest BCUT2D eigenvalue weighted by Crippen LogP contribution is -2.34. The Morgan fingerprint density at radius 1 is 1.11 bits per heavy atom. The molecular formula is C20H19ClN4O2. The van der Waals surface area contributed by atoms with Crippen molar-refractivity contribution in [2.45, 2.75) is 19.9 Å². The van der Waals surface area contributed by atoms with Crippen LogP contribution in [-0.2, 0) is 0 Å². The van der Waals surface area contributed by atoms with Crippen LogP contribution >= 0.6 is 11.6 Å². The molecule has 0 fully saturated rings. The number of rotatable bonds is 5. The largest absolute Gasteiger partial charge is 0.336 e. The molecule has 1 aromatic heterocycles. The van der Waals surface area contributed by atoms with Gasteiger partial charge in [0.25, 0.3) is 5.89 Å². The van der Waals surface area contributed by atoms with Gasteiger partial charge >= 0.3 is 6.03 Å². The molecule has 138 valence electrons. The first-order valence-electron chi connectivity index (χ1n) is 8.45. The van der Waals surface area contributed by atoms with Crippen molar-refractivity contribution in [3.05, 3.63) is 65.0 Å². The number of carbonyl (C=O) groups is 1. The molecule has 0 radical (unpaired) electrons. The van der Waals surface area contributed by atoms with Gasteiger partial charge in [0, 0.05) is 28.4 Å². The van der Waals surface area contributed by atoms with Crippen molar-refractivity contribution in [3.8, 4) is 11.4 Å². The molecule has 2 N–H and O–H groups in total. The van der Waals surface area contributed by atoms with Crippen LogP contribution in [0.15, 0.2) is 53.1 Å². The smallest absolute Gasteiger partial charge is 0.319 e. The molecule has 7 heteroatoms. The fraction of sp³-hybridized carbons (Fsp3) is 0.150. The van der Waals surface area contributed by atoms with Crippen LogP contribution in [0.5, 0.6) is 0 Å². The number of nitrogens with one attached hydrogen (secondary N) is 2. The zero-order valence-corrected chi connectivity index (χ0v) is 15.7. The molecule has 0 bridgehead atoms. The topological polar surface area (TPSA) is 80.0 Å². The Bertz CT molecular complexity index is 949. The average molecular weight is 383 g/mol. The molecule has 2 aromatic carbocycles. The van der Waals surface area contributed by atoms with Crippen molar-refractivity contribution in [1.29, 1.82) is 0 Å². The van der Waals surface area contributed by atoms with Crippen LogP contribution in [0.2, 0.25) is 5.02 Å². The summed E-state index contributed by atoms with van der Waals surface area (Å²) < 4.78 is 5.25. The summed E-state index contributed by atoms with van der Waals surface area (Å²) in [5.41, 5.74) is 2.33. The molecule has 0 spiro atoms. The summed E-state index contributed by atoms with van der Waals surface area (Å²) in [6, 6.07) is 14.5. The van der Waals surface area contributed by atoms with Crippen LogP contribution in [0.4, 0.5) is 10.5 Å². The SMILES string of the molecule is CC(C)NC(=O)Nc1ccc(-c2noc(/C=C/c3ccccc3Cl)n2)cc1. The highest BCUT2D eigenvalue weighted by atomic mass is 35.5. The van der Waals surface area contributed by atoms with Crippen molar-refractivity contribution < 1.29 is 9.32 Å². The lowest BCUT2D eigenvalue weighted by atomic mass is 10.2. The molecule has 0 atom stereocenters. The fourth-order valence-corrected chi connectivity index (χ4v) is 2.52. The summed E-state index contributed by atoms with van der Waals surface area (Å²) in [6.07, 6.45) is 3.53. The van der Waals surface area contributed by atoms with E-state index in [9.17, 15) is 4.79 Å². The molecule has 3 aromatic rings. The standard InChI is InChI=1S/C20H19ClN4O2/c1-13(2)22-20(26)23-16-10-7-15(8-11-16)19-24-18(27-25-19)12-9-14-5-3-4-6-17(14)21/h3-13H,1-2H3,(H2,22,23,26)/b12-9+. The van der Waals surface area contributed by atoms with Crippen molar-refractivity contribution in [3.63, 3.8) is 0 Å². The summed E-state index contributed by atoms with van der Waals surface area (Å²) >= 11 is 6.12. The van der Waals surface area contributed by atoms with E-state index in [1.165, 1.54) is 0 Å². The van der Waals surface area contributed by atoms with Crippen molar-refractivity contribution in [1.82, 2.24) is 15.5 Å². The number of hydrogen-bond acceptors (Lipinski definition) is 4. The third kappa shape index (κ3) is 5.18. The third-order valence-corrected chi connectivity index (χ3v) is 3.92. The zero-order valence-electron chi connectivity index (χ0n) is 14.9. The monoisotopic (exact) mass is 382 g/mol. The second-order valence-electron chi connectivity index (χ2n) is 6.14. The first-order chi connectivity index (χ1) is 13.0. The minimum absolute atomic E-state index is 0.0702. The van der Waals surface area contributed by atoms with Gasteiger partial charge < -0.3 is 15.2 Å². The third-order valence-electron chi connectivity index (χ3n) is 3.57. The Kier molecular flexibility index (Phi) is 5.88. The normalized spacial score (nSPS) is 11.1. The molecule has 0 saturated carbocycles. The van der Waals surface area contributed by atoms with Gasteiger partial charge in [0.15, 0.2) is 0 Å². The van der Waals surface area contributed by atoms with Gasteiger partial charge in [-0.25, -0.2) is 4.79 Å². The molecule has 0 saturated heterocycles. The lowest BCUT2D eigenvalue weighted by molar-refractivity contribution is 0.250. The van der Waals surface area contributed by atoms with Crippen LogP contribution in [0.3, 0.4) is 0 Å². The predicted molar refractivity (Wildman–Crippen MR) is 107 cm³/mol. The predicted octanol–water partition coefficient (Wildman–Crippen LogP) is 5.09. The second-order valence-corrected chi connectivity index (χ2v) is 6.55. The van der Waals surface area contributed by atoms with Crippen molar-refractivity contribution in [2.24, 2.45) is 0 Å². The maximum absolute atomic E-state index is 11.7. The van der Waals surface area contributed by atoms with Gasteiger partial charge in [0.1, 0.15) is 0 Å². The van der Waals surface area contributed by atoms with Gasteiger partial charge in [-0.15, -0.1) is 0 Å². The first-order valence-corrected chi connectivity index (χ1v) is 8.83. The van der Waals surface area contributed by atoms with Crippen LogP contribution in [0, 0.1) is 0 Å². The van der Waals surface area contributed by atoms with Gasteiger partial charge in [-0.3, -0.25) is 0 Å². The van der Waals surface area contributed by atoms with E-state index in [0.29, 0.717) is 22.4 Å². The fourth-order valence-electron chi connectivity index (χ4n) is 2.32. The Morgan fingerprint density at radius 3 is 2.56 bits per heavy atom. The van der Waals surface area contributed by atoms with E-state index in [-0.39, 0.29) is 12.1 Å². The summed E-state index contributed by atoms with van der Waals surface area (Å²) in [6.45, 7) is 3.80. The molecule has 0 aliphatic rings. The van der Waals surface area contributed by atoms with Crippen LogP contribution in [0.1, 0.15) is 25.3 Å². The van der Waals surface area contributed by atoms with Crippen LogP contribution < -0.4 is 10.6 Å². The van der Waals surface area contributed by atoms with Gasteiger partial charge in [-0.05, 0) is 55.8 Å². The minimum atomic E-state index is -0.246. The van der Waals surface area contributed by atoms with E-state index < -0.39 is 0 Å². The highest BCUT2D eigenvalue weighted by Gasteiger charge is 2.08. The Balaban J connectivity index is 1.67. The molecule has 1 heterocycles. The highest BCUT2D eigenvalue weighted by Crippen LogP contribution is 2.21. The lowest BCUT2D eigenvalue weighted by Gasteiger charge is -2.10. The molecule has 2 amide bonds. The number of halogens is 1. The summed E-state index contributed by atoms with van der Waals surface area (Å²) in [5, 5.41) is 10.2. The number of carbonyl (C=O) groups excluding carboxylic acids is 1. The molecular weight excluding hydrogens is 364 g/mol. The number of amides is 2. The number of aromatic nitrogens is 2. The number of hydrogen-bond donors (Lipinski definition) is 2. The summed E-state index contributed by atoms with van der Waals surface area (Å²) in [4.78, 5) is 16.1. The van der Waals surface area contributed by atoms with Crippen molar-refractivity contribution >= 4 is 35.5 Å². The van der Waals surface area contributed by atoms with Crippen LogP contribution in [0.25, 0.3) is 23.5 Å². The van der Waals surface area contributed by atoms with E-state index in [1.807, 2.05) is 56.3 Å². The van der Waals surface area contributed by atoms with Gasteiger partial charge in [0.05, 0.1) is 0 Å². The average Bonchev–Trinajstić information content (AvgIpc) is 3.10. The maximum atomic E-state index is 11.7. The minimum Gasteiger partial charge on any atom is -0.336 e. The molecule has 0 aliphatic carbocycles. The van der Waals surface area contributed by atoms with E-state index in [0.717, 1.165) is 11.1 Å². The molecule has 27 heavy (non-hydrogen) atoms. The van der Waals surface area contributed by atoms with Gasteiger partial charge in [-0.2, -0.15) is 4.98 Å². The summed E-state index contributed by atoms with van der Waals surface area (Å²) in [7, 11) is 0. The first kappa shape index (κ1) is 18.7. The molecule has 6 nitrogen and oxygen atoms in total. The molecule has 0 unspecified atom stereocenters. The highest BCUT2D eigenvalue weighted by molar-refractivity contribution is 6.32. The van der Waals surface area contributed by atoms with Gasteiger partial charge in [-0.1, -0.05) is 35.0 Å². The second kappa shape index (κ2) is 8.51. The Labute approximate surface area is 162 Å². The number of anilines is 1. The Morgan fingerprint density at radius 2 is 1.85 bits per heavy atom. The zero-order chi connectivity index (χ0) is 19.2. The molecule has 0 aliphatic heterocycles.